The third kappa shape index (κ3) is 4.42. The highest BCUT2D eigenvalue weighted by atomic mass is 16.4. The van der Waals surface area contributed by atoms with Gasteiger partial charge in [-0.2, -0.15) is 5.10 Å². The Hall–Kier alpha value is -2.63. The number of carbonyl (C=O) groups is 2. The lowest BCUT2D eigenvalue weighted by Crippen LogP contribution is -2.35. The molecule has 0 aliphatic carbocycles. The number of carboxylic acid groups (broad SMARTS) is 1. The first-order valence-corrected chi connectivity index (χ1v) is 7.44. The molecule has 0 bridgehead atoms. The van der Waals surface area contributed by atoms with Crippen LogP contribution in [0.1, 0.15) is 27.3 Å². The third-order valence-corrected chi connectivity index (χ3v) is 3.66. The number of hydrogen-bond donors (Lipinski definition) is 2. The number of benzene rings is 1. The fraction of sp³-hybridized carbons (Fsp3) is 0.353. The first-order valence-electron chi connectivity index (χ1n) is 7.44. The molecule has 0 fully saturated rings. The Balaban J connectivity index is 2.01. The fourth-order valence-corrected chi connectivity index (χ4v) is 2.50. The van der Waals surface area contributed by atoms with Crippen molar-refractivity contribution in [3.8, 4) is 0 Å². The Morgan fingerprint density at radius 3 is 2.61 bits per heavy atom. The molecule has 2 N–H and O–H groups in total. The number of aliphatic carboxylic acids is 1. The van der Waals surface area contributed by atoms with Gasteiger partial charge >= 0.3 is 5.97 Å². The average Bonchev–Trinajstić information content (AvgIpc) is 2.81. The van der Waals surface area contributed by atoms with E-state index in [9.17, 15) is 14.7 Å². The predicted octanol–water partition coefficient (Wildman–Crippen LogP) is 1.71. The Labute approximate surface area is 135 Å². The number of aryl methyl sites for hydroxylation is 3. The number of carbonyl (C=O) groups excluding carboxylic acids is 1. The SMILES string of the molecule is Cc1cccc(C[C@H](CNC(=O)c2cc(C)nn2C)C(=O)O)c1. The summed E-state index contributed by atoms with van der Waals surface area (Å²) < 4.78 is 1.49. The zero-order valence-electron chi connectivity index (χ0n) is 13.5. The van der Waals surface area contributed by atoms with Crippen LogP contribution < -0.4 is 5.32 Å². The van der Waals surface area contributed by atoms with Crippen LogP contribution in [-0.4, -0.2) is 33.3 Å². The molecule has 0 spiro atoms. The molecule has 1 aromatic carbocycles. The Bertz CT molecular complexity index is 722. The lowest BCUT2D eigenvalue weighted by molar-refractivity contribution is -0.141. The number of hydrogen-bond acceptors (Lipinski definition) is 3. The second-order valence-electron chi connectivity index (χ2n) is 5.73. The van der Waals surface area contributed by atoms with E-state index in [1.807, 2.05) is 31.2 Å². The van der Waals surface area contributed by atoms with Crippen molar-refractivity contribution in [1.29, 1.82) is 0 Å². The Kier molecular flexibility index (Phi) is 5.16. The highest BCUT2D eigenvalue weighted by molar-refractivity contribution is 5.92. The molecule has 1 heterocycles. The summed E-state index contributed by atoms with van der Waals surface area (Å²) in [7, 11) is 1.68. The van der Waals surface area contributed by atoms with Crippen molar-refractivity contribution in [3.63, 3.8) is 0 Å². The van der Waals surface area contributed by atoms with Gasteiger partial charge in [0, 0.05) is 13.6 Å². The van der Waals surface area contributed by atoms with Crippen LogP contribution in [0.4, 0.5) is 0 Å². The average molecular weight is 315 g/mol. The molecule has 6 nitrogen and oxygen atoms in total. The molecule has 122 valence electrons. The van der Waals surface area contributed by atoms with Gasteiger partial charge in [0.15, 0.2) is 0 Å². The molecular weight excluding hydrogens is 294 g/mol. The minimum Gasteiger partial charge on any atom is -0.481 e. The normalized spacial score (nSPS) is 12.0. The second-order valence-corrected chi connectivity index (χ2v) is 5.73. The maximum atomic E-state index is 12.1. The monoisotopic (exact) mass is 315 g/mol. The maximum absolute atomic E-state index is 12.1. The standard InChI is InChI=1S/C17H21N3O3/c1-11-5-4-6-13(7-11)9-14(17(22)23)10-18-16(21)15-8-12(2)19-20(15)3/h4-8,14H,9-10H2,1-3H3,(H,18,21)(H,22,23)/t14-/m1/s1. The lowest BCUT2D eigenvalue weighted by Gasteiger charge is -2.14. The number of nitrogens with one attached hydrogen (secondary N) is 1. The van der Waals surface area contributed by atoms with E-state index in [4.69, 9.17) is 0 Å². The van der Waals surface area contributed by atoms with Crippen molar-refractivity contribution in [2.24, 2.45) is 13.0 Å². The molecule has 1 atom stereocenters. The number of aromatic nitrogens is 2. The smallest absolute Gasteiger partial charge is 0.308 e. The molecule has 0 saturated carbocycles. The number of nitrogens with zero attached hydrogens (tertiary/aromatic N) is 2. The van der Waals surface area contributed by atoms with Gasteiger partial charge in [0.05, 0.1) is 11.6 Å². The maximum Gasteiger partial charge on any atom is 0.308 e. The Morgan fingerprint density at radius 2 is 2.04 bits per heavy atom. The second kappa shape index (κ2) is 7.09. The molecule has 2 rings (SSSR count). The molecule has 1 aromatic heterocycles. The lowest BCUT2D eigenvalue weighted by atomic mass is 9.98. The quantitative estimate of drug-likeness (QED) is 0.850. The van der Waals surface area contributed by atoms with E-state index in [0.717, 1.165) is 16.8 Å². The van der Waals surface area contributed by atoms with Gasteiger partial charge in [-0.3, -0.25) is 14.3 Å². The van der Waals surface area contributed by atoms with Gasteiger partial charge in [-0.05, 0) is 31.9 Å². The Morgan fingerprint density at radius 1 is 1.30 bits per heavy atom. The van der Waals surface area contributed by atoms with Crippen molar-refractivity contribution in [2.75, 3.05) is 6.54 Å². The molecule has 1 amide bonds. The van der Waals surface area contributed by atoms with Crippen LogP contribution in [0.3, 0.4) is 0 Å². The first kappa shape index (κ1) is 16.7. The van der Waals surface area contributed by atoms with Crippen LogP contribution in [0.15, 0.2) is 30.3 Å². The molecule has 23 heavy (non-hydrogen) atoms. The van der Waals surface area contributed by atoms with Crippen molar-refractivity contribution in [2.45, 2.75) is 20.3 Å². The molecule has 6 heteroatoms. The highest BCUT2D eigenvalue weighted by Gasteiger charge is 2.20. The number of rotatable bonds is 6. The van der Waals surface area contributed by atoms with E-state index in [2.05, 4.69) is 10.4 Å². The highest BCUT2D eigenvalue weighted by Crippen LogP contribution is 2.11. The summed E-state index contributed by atoms with van der Waals surface area (Å²) >= 11 is 0. The number of amides is 1. The van der Waals surface area contributed by atoms with Gasteiger partial charge in [-0.15, -0.1) is 0 Å². The first-order chi connectivity index (χ1) is 10.9. The third-order valence-electron chi connectivity index (χ3n) is 3.66. The van der Waals surface area contributed by atoms with Gasteiger partial charge in [0.2, 0.25) is 0 Å². The zero-order chi connectivity index (χ0) is 17.0. The topological polar surface area (TPSA) is 84.2 Å². The van der Waals surface area contributed by atoms with Crippen molar-refractivity contribution in [1.82, 2.24) is 15.1 Å². The fourth-order valence-electron chi connectivity index (χ4n) is 2.50. The summed E-state index contributed by atoms with van der Waals surface area (Å²) in [4.78, 5) is 23.6. The summed E-state index contributed by atoms with van der Waals surface area (Å²) in [6.45, 7) is 3.84. The van der Waals surface area contributed by atoms with Gasteiger partial charge in [0.25, 0.3) is 5.91 Å². The molecule has 0 aliphatic heterocycles. The van der Waals surface area contributed by atoms with E-state index >= 15 is 0 Å². The van der Waals surface area contributed by atoms with Crippen molar-refractivity contribution < 1.29 is 14.7 Å². The molecular formula is C17H21N3O3. The van der Waals surface area contributed by atoms with Crippen LogP contribution in [0.25, 0.3) is 0 Å². The van der Waals surface area contributed by atoms with E-state index in [1.54, 1.807) is 20.0 Å². The molecule has 0 unspecified atom stereocenters. The van der Waals surface area contributed by atoms with Crippen LogP contribution in [0.5, 0.6) is 0 Å². The van der Waals surface area contributed by atoms with E-state index in [-0.39, 0.29) is 12.5 Å². The molecule has 0 radical (unpaired) electrons. The van der Waals surface area contributed by atoms with E-state index < -0.39 is 11.9 Å². The minimum atomic E-state index is -0.923. The largest absolute Gasteiger partial charge is 0.481 e. The molecule has 2 aromatic rings. The van der Waals surface area contributed by atoms with Crippen LogP contribution in [-0.2, 0) is 18.3 Å². The summed E-state index contributed by atoms with van der Waals surface area (Å²) in [6, 6.07) is 9.40. The van der Waals surface area contributed by atoms with Crippen LogP contribution in [0.2, 0.25) is 0 Å². The van der Waals surface area contributed by atoms with E-state index in [1.165, 1.54) is 4.68 Å². The van der Waals surface area contributed by atoms with Gasteiger partial charge in [0.1, 0.15) is 5.69 Å². The van der Waals surface area contributed by atoms with Gasteiger partial charge in [-0.25, -0.2) is 0 Å². The summed E-state index contributed by atoms with van der Waals surface area (Å²) in [5.41, 5.74) is 3.19. The van der Waals surface area contributed by atoms with E-state index in [0.29, 0.717) is 12.1 Å². The van der Waals surface area contributed by atoms with Gasteiger partial charge in [-0.1, -0.05) is 29.8 Å². The predicted molar refractivity (Wildman–Crippen MR) is 86.3 cm³/mol. The minimum absolute atomic E-state index is 0.0757. The van der Waals surface area contributed by atoms with Crippen LogP contribution in [0, 0.1) is 19.8 Å². The number of carboxylic acids is 1. The van der Waals surface area contributed by atoms with Crippen molar-refractivity contribution >= 4 is 11.9 Å². The molecule has 0 saturated heterocycles. The van der Waals surface area contributed by atoms with Crippen molar-refractivity contribution in [3.05, 3.63) is 52.8 Å². The molecule has 0 aliphatic rings. The van der Waals surface area contributed by atoms with Crippen LogP contribution >= 0.6 is 0 Å². The summed E-state index contributed by atoms with van der Waals surface area (Å²) in [5.74, 6) is -1.91. The summed E-state index contributed by atoms with van der Waals surface area (Å²) in [5, 5.41) is 16.2. The summed E-state index contributed by atoms with van der Waals surface area (Å²) in [6.07, 6.45) is 0.377. The zero-order valence-corrected chi connectivity index (χ0v) is 13.5. The van der Waals surface area contributed by atoms with Gasteiger partial charge < -0.3 is 10.4 Å².